The summed E-state index contributed by atoms with van der Waals surface area (Å²) in [6.07, 6.45) is 69.0. The number of unbranched alkanes of at least 4 members (excludes halogenated alkanes) is 25. The number of nitrogens with one attached hydrogen (secondary N) is 1. The van der Waals surface area contributed by atoms with Crippen molar-refractivity contribution >= 4 is 11.9 Å². The SMILES string of the molecule is CC/C=C/C=C/C=C\CCCCCC(CC(=O)NC(CO)C(O)CCCCCCCCCCCCCCCCCCC)OC(=O)CCCCCCC/C=C/C=C/C=C/C=C/C=C/CCC. The van der Waals surface area contributed by atoms with Gasteiger partial charge in [0.05, 0.1) is 25.2 Å². The van der Waals surface area contributed by atoms with Gasteiger partial charge in [0.2, 0.25) is 5.91 Å². The van der Waals surface area contributed by atoms with Crippen LogP contribution in [-0.2, 0) is 14.3 Å². The molecule has 0 aliphatic rings. The fourth-order valence-electron chi connectivity index (χ4n) is 7.75. The Labute approximate surface area is 401 Å². The maximum absolute atomic E-state index is 13.2. The molecule has 0 bridgehead atoms. The number of carbonyl (C=O) groups excluding carboxylic acids is 2. The first-order valence-corrected chi connectivity index (χ1v) is 27.1. The number of ether oxygens (including phenoxy) is 1. The average molecular weight is 904 g/mol. The van der Waals surface area contributed by atoms with E-state index in [2.05, 4.69) is 86.8 Å². The summed E-state index contributed by atoms with van der Waals surface area (Å²) in [5, 5.41) is 23.8. The summed E-state index contributed by atoms with van der Waals surface area (Å²) < 4.78 is 5.91. The summed E-state index contributed by atoms with van der Waals surface area (Å²) >= 11 is 0. The van der Waals surface area contributed by atoms with Gasteiger partial charge in [0.1, 0.15) is 6.10 Å². The molecule has 0 rings (SSSR count). The Bertz CT molecular complexity index is 1290. The number of aliphatic hydroxyl groups is 2. The van der Waals surface area contributed by atoms with E-state index >= 15 is 0 Å². The Kier molecular flexibility index (Phi) is 49.2. The minimum Gasteiger partial charge on any atom is -0.462 e. The number of hydrogen-bond donors (Lipinski definition) is 3. The van der Waals surface area contributed by atoms with Gasteiger partial charge in [-0.25, -0.2) is 0 Å². The van der Waals surface area contributed by atoms with Crippen LogP contribution in [0.1, 0.15) is 239 Å². The van der Waals surface area contributed by atoms with Crippen molar-refractivity contribution in [3.05, 3.63) is 97.2 Å². The molecule has 3 unspecified atom stereocenters. The number of esters is 1. The summed E-state index contributed by atoms with van der Waals surface area (Å²) in [6, 6.07) is -0.724. The minimum absolute atomic E-state index is 0.0385. The topological polar surface area (TPSA) is 95.9 Å². The summed E-state index contributed by atoms with van der Waals surface area (Å²) in [4.78, 5) is 26.2. The molecule has 0 heterocycles. The first-order chi connectivity index (χ1) is 32.0. The molecule has 6 heteroatoms. The second-order valence-corrected chi connectivity index (χ2v) is 18.1. The molecule has 372 valence electrons. The van der Waals surface area contributed by atoms with Crippen LogP contribution in [0.4, 0.5) is 0 Å². The van der Waals surface area contributed by atoms with E-state index in [0.717, 1.165) is 96.3 Å². The van der Waals surface area contributed by atoms with Crippen molar-refractivity contribution < 1.29 is 24.5 Å². The van der Waals surface area contributed by atoms with Gasteiger partial charge >= 0.3 is 5.97 Å². The van der Waals surface area contributed by atoms with Crippen LogP contribution in [0.15, 0.2) is 97.2 Å². The molecule has 6 nitrogen and oxygen atoms in total. The van der Waals surface area contributed by atoms with E-state index < -0.39 is 18.2 Å². The average Bonchev–Trinajstić information content (AvgIpc) is 3.30. The lowest BCUT2D eigenvalue weighted by atomic mass is 10.0. The summed E-state index contributed by atoms with van der Waals surface area (Å²) in [7, 11) is 0. The standard InChI is InChI=1S/C59H101NO5/c1-4-7-10-13-16-19-22-24-26-28-30-32-34-37-40-43-46-49-52-59(64)65-55(50-47-44-41-38-35-21-18-15-12-9-6-3)53-58(63)60-56(54-61)57(62)51-48-45-42-39-36-33-31-29-27-25-23-20-17-14-11-8-5-2/h9-10,12-13,15-16,18-19,21-22,24,26,28,30,32,35,55-57,61-62H,4-8,11,14,17,20,23,25,27,29,31,33-34,36-54H2,1-3H3,(H,60,63)/b12-9+,13-10+,18-15+,19-16+,24-22+,28-26+,32-30+,35-21-. The van der Waals surface area contributed by atoms with E-state index in [-0.39, 0.29) is 24.9 Å². The lowest BCUT2D eigenvalue weighted by molar-refractivity contribution is -0.151. The van der Waals surface area contributed by atoms with Crippen molar-refractivity contribution in [1.82, 2.24) is 5.32 Å². The van der Waals surface area contributed by atoms with Crippen molar-refractivity contribution in [3.63, 3.8) is 0 Å². The van der Waals surface area contributed by atoms with Gasteiger partial charge in [-0.05, 0) is 64.2 Å². The highest BCUT2D eigenvalue weighted by Crippen LogP contribution is 2.18. The minimum atomic E-state index is -0.808. The van der Waals surface area contributed by atoms with Crippen LogP contribution >= 0.6 is 0 Å². The van der Waals surface area contributed by atoms with E-state index in [1.807, 2.05) is 36.5 Å². The Morgan fingerprint density at radius 1 is 0.462 bits per heavy atom. The normalized spacial score (nSPS) is 14.0. The lowest BCUT2D eigenvalue weighted by Gasteiger charge is -2.24. The van der Waals surface area contributed by atoms with E-state index in [0.29, 0.717) is 19.3 Å². The molecule has 0 fully saturated rings. The zero-order valence-electron chi connectivity index (χ0n) is 42.3. The molecule has 0 aromatic carbocycles. The van der Waals surface area contributed by atoms with Crippen LogP contribution in [0.3, 0.4) is 0 Å². The van der Waals surface area contributed by atoms with Gasteiger partial charge < -0.3 is 20.3 Å². The molecule has 65 heavy (non-hydrogen) atoms. The predicted octanol–water partition coefficient (Wildman–Crippen LogP) is 16.5. The Morgan fingerprint density at radius 3 is 1.34 bits per heavy atom. The van der Waals surface area contributed by atoms with E-state index in [1.165, 1.54) is 96.3 Å². The molecule has 0 saturated heterocycles. The second kappa shape index (κ2) is 51.8. The lowest BCUT2D eigenvalue weighted by Crippen LogP contribution is -2.46. The number of amides is 1. The third-order valence-corrected chi connectivity index (χ3v) is 11.8. The van der Waals surface area contributed by atoms with Crippen LogP contribution in [0, 0.1) is 0 Å². The van der Waals surface area contributed by atoms with E-state index in [9.17, 15) is 19.8 Å². The maximum Gasteiger partial charge on any atom is 0.306 e. The highest BCUT2D eigenvalue weighted by Gasteiger charge is 2.24. The molecule has 0 spiro atoms. The highest BCUT2D eigenvalue weighted by molar-refractivity contribution is 5.77. The molecule has 0 aromatic rings. The van der Waals surface area contributed by atoms with E-state index in [1.54, 1.807) is 0 Å². The van der Waals surface area contributed by atoms with Gasteiger partial charge in [-0.3, -0.25) is 9.59 Å². The van der Waals surface area contributed by atoms with Crippen molar-refractivity contribution in [2.75, 3.05) is 6.61 Å². The van der Waals surface area contributed by atoms with Crippen LogP contribution < -0.4 is 5.32 Å². The highest BCUT2D eigenvalue weighted by atomic mass is 16.5. The molecule has 0 radical (unpaired) electrons. The predicted molar refractivity (Wildman–Crippen MR) is 282 cm³/mol. The molecule has 3 atom stereocenters. The number of allylic oxidation sites excluding steroid dienone is 16. The summed E-state index contributed by atoms with van der Waals surface area (Å²) in [5.41, 5.74) is 0. The Morgan fingerprint density at radius 2 is 0.862 bits per heavy atom. The molecular formula is C59H101NO5. The van der Waals surface area contributed by atoms with Crippen molar-refractivity contribution in [1.29, 1.82) is 0 Å². The summed E-state index contributed by atoms with van der Waals surface area (Å²) in [6.45, 7) is 6.25. The van der Waals surface area contributed by atoms with Gasteiger partial charge in [-0.1, -0.05) is 259 Å². The fourth-order valence-corrected chi connectivity index (χ4v) is 7.75. The Hall–Kier alpha value is -3.22. The monoisotopic (exact) mass is 904 g/mol. The zero-order chi connectivity index (χ0) is 47.4. The fraction of sp³-hybridized carbons (Fsp3) is 0.695. The summed E-state index contributed by atoms with van der Waals surface area (Å²) in [5.74, 6) is -0.543. The number of aliphatic hydroxyl groups excluding tert-OH is 2. The quantitative estimate of drug-likeness (QED) is 0.0321. The molecule has 0 aliphatic heterocycles. The first-order valence-electron chi connectivity index (χ1n) is 27.1. The number of carbonyl (C=O) groups is 2. The molecule has 3 N–H and O–H groups in total. The maximum atomic E-state index is 13.2. The third-order valence-electron chi connectivity index (χ3n) is 11.8. The molecule has 0 aliphatic carbocycles. The van der Waals surface area contributed by atoms with E-state index in [4.69, 9.17) is 4.74 Å². The van der Waals surface area contributed by atoms with Gasteiger partial charge in [0, 0.05) is 6.42 Å². The number of hydrogen-bond acceptors (Lipinski definition) is 5. The van der Waals surface area contributed by atoms with Gasteiger partial charge in [0.25, 0.3) is 0 Å². The van der Waals surface area contributed by atoms with Gasteiger partial charge in [0.15, 0.2) is 0 Å². The zero-order valence-corrected chi connectivity index (χ0v) is 42.3. The van der Waals surface area contributed by atoms with Crippen molar-refractivity contribution in [2.45, 2.75) is 257 Å². The smallest absolute Gasteiger partial charge is 0.306 e. The molecule has 0 saturated carbocycles. The first kappa shape index (κ1) is 61.8. The van der Waals surface area contributed by atoms with Crippen LogP contribution in [0.5, 0.6) is 0 Å². The van der Waals surface area contributed by atoms with Gasteiger partial charge in [-0.15, -0.1) is 0 Å². The van der Waals surface area contributed by atoms with Crippen LogP contribution in [-0.4, -0.2) is 46.9 Å². The third kappa shape index (κ3) is 47.1. The molecular weight excluding hydrogens is 803 g/mol. The van der Waals surface area contributed by atoms with Crippen molar-refractivity contribution in [2.24, 2.45) is 0 Å². The van der Waals surface area contributed by atoms with Crippen LogP contribution in [0.2, 0.25) is 0 Å². The van der Waals surface area contributed by atoms with Crippen LogP contribution in [0.25, 0.3) is 0 Å². The molecule has 0 aromatic heterocycles. The number of rotatable bonds is 47. The Balaban J connectivity index is 4.57. The molecule has 1 amide bonds. The largest absolute Gasteiger partial charge is 0.462 e. The van der Waals surface area contributed by atoms with Crippen molar-refractivity contribution in [3.8, 4) is 0 Å². The second-order valence-electron chi connectivity index (χ2n) is 18.1. The van der Waals surface area contributed by atoms with Gasteiger partial charge in [-0.2, -0.15) is 0 Å².